The number of ether oxygens (including phenoxy) is 1. The molecule has 2 heterocycles. The highest BCUT2D eigenvalue weighted by Gasteiger charge is 2.49. The molecular weight excluding hydrogens is 323 g/mol. The number of aliphatic hydroxyl groups excluding tert-OH is 2. The SMILES string of the molecule is NC(=O)c1ccc[n+](C2OC(CO)C(O)C2F)c1.[Br-]. The molecule has 8 heteroatoms. The van der Waals surface area contributed by atoms with E-state index in [0.717, 1.165) is 0 Å². The Bertz CT molecular complexity index is 462. The Morgan fingerprint density at radius 2 is 2.26 bits per heavy atom. The van der Waals surface area contributed by atoms with Crippen molar-refractivity contribution in [2.24, 2.45) is 5.73 Å². The number of aromatic nitrogens is 1. The summed E-state index contributed by atoms with van der Waals surface area (Å²) in [5, 5.41) is 18.4. The second kappa shape index (κ2) is 6.38. The van der Waals surface area contributed by atoms with Crippen molar-refractivity contribution in [1.29, 1.82) is 0 Å². The normalized spacial score (nSPS) is 29.8. The van der Waals surface area contributed by atoms with Crippen LogP contribution in [0, 0.1) is 0 Å². The Hall–Kier alpha value is -1.09. The van der Waals surface area contributed by atoms with Crippen molar-refractivity contribution in [2.45, 2.75) is 24.6 Å². The van der Waals surface area contributed by atoms with Crippen LogP contribution in [0.1, 0.15) is 16.6 Å². The number of primary amides is 1. The molecule has 1 aromatic rings. The third-order valence-corrected chi connectivity index (χ3v) is 2.87. The quantitative estimate of drug-likeness (QED) is 0.486. The van der Waals surface area contributed by atoms with Crippen LogP contribution in [0.2, 0.25) is 0 Å². The van der Waals surface area contributed by atoms with Crippen LogP contribution in [-0.2, 0) is 4.74 Å². The van der Waals surface area contributed by atoms with Crippen LogP contribution in [-0.4, -0.2) is 41.1 Å². The lowest BCUT2D eigenvalue weighted by molar-refractivity contribution is -0.764. The molecule has 1 fully saturated rings. The third kappa shape index (κ3) is 3.08. The summed E-state index contributed by atoms with van der Waals surface area (Å²) < 4.78 is 20.3. The van der Waals surface area contributed by atoms with Crippen LogP contribution in [0.3, 0.4) is 0 Å². The molecule has 1 aliphatic heterocycles. The zero-order chi connectivity index (χ0) is 13.3. The average molecular weight is 337 g/mol. The molecule has 0 radical (unpaired) electrons. The maximum atomic E-state index is 13.8. The van der Waals surface area contributed by atoms with Gasteiger partial charge in [0.05, 0.1) is 6.61 Å². The van der Waals surface area contributed by atoms with E-state index in [-0.39, 0.29) is 22.5 Å². The topological polar surface area (TPSA) is 96.7 Å². The van der Waals surface area contributed by atoms with Gasteiger partial charge in [-0.2, -0.15) is 4.57 Å². The van der Waals surface area contributed by atoms with Gasteiger partial charge in [-0.15, -0.1) is 0 Å². The van der Waals surface area contributed by atoms with E-state index in [1.165, 1.54) is 29.1 Å². The smallest absolute Gasteiger partial charge is 0.297 e. The van der Waals surface area contributed by atoms with Gasteiger partial charge in [0, 0.05) is 6.07 Å². The van der Waals surface area contributed by atoms with E-state index in [9.17, 15) is 14.3 Å². The van der Waals surface area contributed by atoms with Crippen molar-refractivity contribution < 1.29 is 45.7 Å². The number of carbonyl (C=O) groups is 1. The van der Waals surface area contributed by atoms with Crippen molar-refractivity contribution in [2.75, 3.05) is 6.61 Å². The zero-order valence-corrected chi connectivity index (χ0v) is 11.4. The van der Waals surface area contributed by atoms with Crippen molar-refractivity contribution in [1.82, 2.24) is 0 Å². The number of nitrogens with zero attached hydrogens (tertiary/aromatic N) is 1. The molecule has 1 aliphatic rings. The molecule has 0 bridgehead atoms. The number of rotatable bonds is 3. The molecular formula is C11H14BrFN2O4. The Morgan fingerprint density at radius 3 is 2.79 bits per heavy atom. The Balaban J connectivity index is 0.00000180. The number of halogens is 2. The molecule has 2 rings (SSSR count). The number of hydrogen-bond acceptors (Lipinski definition) is 4. The first-order chi connectivity index (χ1) is 8.54. The summed E-state index contributed by atoms with van der Waals surface area (Å²) in [4.78, 5) is 11.0. The minimum atomic E-state index is -1.68. The van der Waals surface area contributed by atoms with Crippen molar-refractivity contribution in [3.8, 4) is 0 Å². The fraction of sp³-hybridized carbons (Fsp3) is 0.455. The number of aliphatic hydroxyl groups is 2. The third-order valence-electron chi connectivity index (χ3n) is 2.87. The van der Waals surface area contributed by atoms with Gasteiger partial charge < -0.3 is 37.7 Å². The van der Waals surface area contributed by atoms with Crippen LogP contribution in [0.25, 0.3) is 0 Å². The summed E-state index contributed by atoms with van der Waals surface area (Å²) in [7, 11) is 0. The zero-order valence-electron chi connectivity index (χ0n) is 9.82. The van der Waals surface area contributed by atoms with Gasteiger partial charge in [-0.25, -0.2) is 4.39 Å². The van der Waals surface area contributed by atoms with E-state index < -0.39 is 37.1 Å². The van der Waals surface area contributed by atoms with Gasteiger partial charge in [0.1, 0.15) is 17.8 Å². The molecule has 1 aromatic heterocycles. The molecule has 4 atom stereocenters. The standard InChI is InChI=1S/C11H13FN2O4.BrH/c12-8-9(16)7(5-15)18-11(8)14-3-1-2-6(4-14)10(13)17;/h1-4,7-9,11,15-16H,5H2,(H-,13,17);1H. The fourth-order valence-electron chi connectivity index (χ4n) is 1.89. The van der Waals surface area contributed by atoms with Gasteiger partial charge in [0.2, 0.25) is 6.17 Å². The van der Waals surface area contributed by atoms with Gasteiger partial charge in [-0.3, -0.25) is 4.79 Å². The number of pyridine rings is 1. The minimum Gasteiger partial charge on any atom is -1.00 e. The second-order valence-corrected chi connectivity index (χ2v) is 4.09. The van der Waals surface area contributed by atoms with Crippen LogP contribution >= 0.6 is 0 Å². The molecule has 1 saturated heterocycles. The molecule has 4 unspecified atom stereocenters. The van der Waals surface area contributed by atoms with Crippen LogP contribution in [0.5, 0.6) is 0 Å². The van der Waals surface area contributed by atoms with E-state index in [4.69, 9.17) is 15.6 Å². The first-order valence-corrected chi connectivity index (χ1v) is 5.43. The maximum Gasteiger partial charge on any atom is 0.297 e. The molecule has 0 spiro atoms. The summed E-state index contributed by atoms with van der Waals surface area (Å²) >= 11 is 0. The van der Waals surface area contributed by atoms with Gasteiger partial charge in [0.15, 0.2) is 12.4 Å². The minimum absolute atomic E-state index is 0. The van der Waals surface area contributed by atoms with Crippen LogP contribution in [0.15, 0.2) is 24.5 Å². The maximum absolute atomic E-state index is 13.8. The van der Waals surface area contributed by atoms with Crippen LogP contribution < -0.4 is 27.3 Å². The largest absolute Gasteiger partial charge is 1.00 e. The van der Waals surface area contributed by atoms with E-state index >= 15 is 0 Å². The van der Waals surface area contributed by atoms with Crippen molar-refractivity contribution >= 4 is 5.91 Å². The van der Waals surface area contributed by atoms with Gasteiger partial charge in [0.25, 0.3) is 12.1 Å². The van der Waals surface area contributed by atoms with Gasteiger partial charge >= 0.3 is 0 Å². The van der Waals surface area contributed by atoms with E-state index in [1.807, 2.05) is 0 Å². The Labute approximate surface area is 119 Å². The first-order valence-electron chi connectivity index (χ1n) is 5.43. The first kappa shape index (κ1) is 16.0. The summed E-state index contributed by atoms with van der Waals surface area (Å²) in [6.07, 6.45) is -2.31. The molecule has 106 valence electrons. The highest BCUT2D eigenvalue weighted by Crippen LogP contribution is 2.27. The summed E-state index contributed by atoms with van der Waals surface area (Å²) in [6, 6.07) is 3.01. The number of nitrogens with two attached hydrogens (primary N) is 1. The van der Waals surface area contributed by atoms with E-state index in [1.54, 1.807) is 0 Å². The molecule has 1 amide bonds. The molecule has 19 heavy (non-hydrogen) atoms. The molecule has 0 saturated carbocycles. The lowest BCUT2D eigenvalue weighted by atomic mass is 10.1. The fourth-order valence-corrected chi connectivity index (χ4v) is 1.89. The molecule has 4 N–H and O–H groups in total. The highest BCUT2D eigenvalue weighted by atomic mass is 79.9. The molecule has 6 nitrogen and oxygen atoms in total. The van der Waals surface area contributed by atoms with Crippen LogP contribution in [0.4, 0.5) is 4.39 Å². The predicted molar refractivity (Wildman–Crippen MR) is 57.1 cm³/mol. The summed E-state index contributed by atoms with van der Waals surface area (Å²) in [5.41, 5.74) is 5.32. The number of amides is 1. The number of carbonyl (C=O) groups excluding carboxylic acids is 1. The van der Waals surface area contributed by atoms with Gasteiger partial charge in [-0.1, -0.05) is 0 Å². The highest BCUT2D eigenvalue weighted by molar-refractivity contribution is 5.92. The molecule has 0 aliphatic carbocycles. The number of alkyl halides is 1. The van der Waals surface area contributed by atoms with E-state index in [2.05, 4.69) is 0 Å². The van der Waals surface area contributed by atoms with Crippen molar-refractivity contribution in [3.63, 3.8) is 0 Å². The number of hydrogen-bond donors (Lipinski definition) is 3. The Kier molecular flexibility index (Phi) is 5.36. The van der Waals surface area contributed by atoms with E-state index in [0.29, 0.717) is 0 Å². The summed E-state index contributed by atoms with van der Waals surface area (Å²) in [6.45, 7) is -0.478. The lowest BCUT2D eigenvalue weighted by Crippen LogP contribution is -3.00. The lowest BCUT2D eigenvalue weighted by Gasteiger charge is -2.08. The monoisotopic (exact) mass is 336 g/mol. The Morgan fingerprint density at radius 1 is 1.58 bits per heavy atom. The average Bonchev–Trinajstić information content (AvgIpc) is 2.66. The van der Waals surface area contributed by atoms with Crippen molar-refractivity contribution in [3.05, 3.63) is 30.1 Å². The predicted octanol–water partition coefficient (Wildman–Crippen LogP) is -4.33. The molecule has 0 aromatic carbocycles. The van der Waals surface area contributed by atoms with Gasteiger partial charge in [-0.05, 0) is 6.07 Å². The second-order valence-electron chi connectivity index (χ2n) is 4.09. The summed E-state index contributed by atoms with van der Waals surface area (Å²) in [5.74, 6) is -0.642.